The number of hydrogen-bond acceptors (Lipinski definition) is 9. The first-order valence-electron chi connectivity index (χ1n) is 17.3. The highest BCUT2D eigenvalue weighted by Gasteiger charge is 2.88. The summed E-state index contributed by atoms with van der Waals surface area (Å²) in [6.45, 7) is 6.65. The zero-order chi connectivity index (χ0) is 38.0. The maximum atomic E-state index is 14.7. The SMILES string of the molecule is CC1=C[C@H]2[C@@]3(O)[C@H](C)[C@@H](OC(=O)Cc4ccc(F)cc4F)[C@]4(OC(=O)Cc5ccc(F)cc5F)[C@H]([C@@H]3C=C(CSCCCO)C[C@]2(O)C1=O)C4(C)C. The third kappa shape index (κ3) is 6.11. The van der Waals surface area contributed by atoms with Crippen LogP contribution in [0.3, 0.4) is 0 Å². The lowest BCUT2D eigenvalue weighted by molar-refractivity contribution is -0.228. The summed E-state index contributed by atoms with van der Waals surface area (Å²) in [7, 11) is 0. The Morgan fingerprint density at radius 2 is 1.54 bits per heavy atom. The van der Waals surface area contributed by atoms with E-state index in [1.54, 1.807) is 33.8 Å². The van der Waals surface area contributed by atoms with Gasteiger partial charge in [0.2, 0.25) is 0 Å². The number of hydrogen-bond donors (Lipinski definition) is 3. The Hall–Kier alpha value is -3.52. The van der Waals surface area contributed by atoms with E-state index < -0.39 is 106 Å². The first-order valence-corrected chi connectivity index (χ1v) is 18.4. The number of halogens is 4. The van der Waals surface area contributed by atoms with Crippen molar-refractivity contribution >= 4 is 29.5 Å². The molecule has 4 aliphatic carbocycles. The van der Waals surface area contributed by atoms with E-state index in [0.29, 0.717) is 35.6 Å². The zero-order valence-electron chi connectivity index (χ0n) is 29.3. The van der Waals surface area contributed by atoms with Crippen LogP contribution in [0.15, 0.2) is 59.7 Å². The van der Waals surface area contributed by atoms with Crippen molar-refractivity contribution in [1.82, 2.24) is 0 Å². The van der Waals surface area contributed by atoms with Gasteiger partial charge in [-0.2, -0.15) is 11.8 Å². The highest BCUT2D eigenvalue weighted by Crippen LogP contribution is 2.77. The minimum Gasteiger partial charge on any atom is -0.457 e. The summed E-state index contributed by atoms with van der Waals surface area (Å²) in [4.78, 5) is 41.0. The Balaban J connectivity index is 1.45. The number of aliphatic hydroxyl groups is 3. The van der Waals surface area contributed by atoms with Crippen molar-refractivity contribution in [2.45, 2.75) is 76.3 Å². The molecule has 8 nitrogen and oxygen atoms in total. The van der Waals surface area contributed by atoms with E-state index in [2.05, 4.69) is 0 Å². The lowest BCUT2D eigenvalue weighted by atomic mass is 9.59. The molecule has 0 unspecified atom stereocenters. The second kappa shape index (κ2) is 13.7. The fourth-order valence-corrected chi connectivity index (χ4v) is 10.2. The van der Waals surface area contributed by atoms with Crippen LogP contribution in [0.2, 0.25) is 0 Å². The standard InChI is InChI=1S/C39H42F4O8S/c1-20-12-30-37(48,34(20)47)18-22(19-52-11-5-10-44)13-27-33-36(3,4)39(33,51-32(46)15-24-7-9-26(41)17-29(24)43)35(21(2)38(27,30)49)50-31(45)14-23-6-8-25(40)16-28(23)42/h6-9,12-13,16-17,21,27,30,33,35,44,48-49H,5,10-11,14-15,18-19H2,1-4H3/t21-,27+,30-,33-,35-,37-,38-,39-/m1/s1. The molecule has 6 rings (SSSR count). The van der Waals surface area contributed by atoms with Gasteiger partial charge in [0.25, 0.3) is 0 Å². The molecule has 2 aromatic rings. The summed E-state index contributed by atoms with van der Waals surface area (Å²) in [5.74, 6) is -9.01. The quantitative estimate of drug-likeness (QED) is 0.123. The largest absolute Gasteiger partial charge is 0.457 e. The van der Waals surface area contributed by atoms with Gasteiger partial charge < -0.3 is 24.8 Å². The molecule has 52 heavy (non-hydrogen) atoms. The van der Waals surface area contributed by atoms with Gasteiger partial charge in [0.05, 0.1) is 18.4 Å². The number of benzene rings is 2. The number of thioether (sulfide) groups is 1. The molecule has 0 amide bonds. The molecule has 3 N–H and O–H groups in total. The topological polar surface area (TPSA) is 130 Å². The van der Waals surface area contributed by atoms with Crippen molar-refractivity contribution in [2.24, 2.45) is 29.1 Å². The summed E-state index contributed by atoms with van der Waals surface area (Å²) in [6, 6.07) is 5.49. The Kier molecular flexibility index (Phi) is 10.1. The Morgan fingerprint density at radius 3 is 2.12 bits per heavy atom. The van der Waals surface area contributed by atoms with Crippen molar-refractivity contribution in [1.29, 1.82) is 0 Å². The van der Waals surface area contributed by atoms with E-state index in [1.165, 1.54) is 11.8 Å². The molecule has 280 valence electrons. The van der Waals surface area contributed by atoms with E-state index in [4.69, 9.17) is 9.47 Å². The molecule has 0 saturated heterocycles. The maximum Gasteiger partial charge on any atom is 0.311 e. The number of rotatable bonds is 11. The van der Waals surface area contributed by atoms with Gasteiger partial charge in [0.1, 0.15) is 35.0 Å². The average molecular weight is 747 g/mol. The molecule has 0 aromatic heterocycles. The maximum absolute atomic E-state index is 14.7. The van der Waals surface area contributed by atoms with Gasteiger partial charge in [-0.3, -0.25) is 14.4 Å². The molecule has 0 heterocycles. The Bertz CT molecular complexity index is 1860. The molecular formula is C39H42F4O8S. The predicted molar refractivity (Wildman–Crippen MR) is 183 cm³/mol. The van der Waals surface area contributed by atoms with Gasteiger partial charge in [-0.15, -0.1) is 0 Å². The van der Waals surface area contributed by atoms with Gasteiger partial charge in [-0.1, -0.05) is 50.6 Å². The summed E-state index contributed by atoms with van der Waals surface area (Å²) in [5, 5.41) is 34.6. The van der Waals surface area contributed by atoms with Gasteiger partial charge in [-0.05, 0) is 47.9 Å². The minimum atomic E-state index is -2.05. The van der Waals surface area contributed by atoms with Crippen LogP contribution in [0.1, 0.15) is 51.7 Å². The fraction of sp³-hybridized carbons (Fsp3) is 0.513. The van der Waals surface area contributed by atoms with E-state index in [-0.39, 0.29) is 29.7 Å². The number of ketones is 1. The van der Waals surface area contributed by atoms with Gasteiger partial charge in [0.15, 0.2) is 11.4 Å². The van der Waals surface area contributed by atoms with Crippen LogP contribution in [0.25, 0.3) is 0 Å². The molecule has 2 aromatic carbocycles. The van der Waals surface area contributed by atoms with Gasteiger partial charge in [0, 0.05) is 60.0 Å². The van der Waals surface area contributed by atoms with Crippen LogP contribution >= 0.6 is 11.8 Å². The molecule has 0 spiro atoms. The fourth-order valence-electron chi connectivity index (χ4n) is 9.23. The van der Waals surface area contributed by atoms with Crippen LogP contribution in [0.4, 0.5) is 17.6 Å². The second-order valence-corrected chi connectivity index (χ2v) is 16.2. The van der Waals surface area contributed by atoms with E-state index in [0.717, 1.165) is 24.3 Å². The van der Waals surface area contributed by atoms with Gasteiger partial charge >= 0.3 is 11.9 Å². The van der Waals surface area contributed by atoms with Crippen LogP contribution < -0.4 is 0 Å². The minimum absolute atomic E-state index is 0.0145. The Morgan fingerprint density at radius 1 is 0.942 bits per heavy atom. The average Bonchev–Trinajstić information content (AvgIpc) is 3.49. The third-order valence-corrected chi connectivity index (χ3v) is 12.9. The third-order valence-electron chi connectivity index (χ3n) is 11.7. The number of esters is 2. The molecule has 8 atom stereocenters. The second-order valence-electron chi connectivity index (χ2n) is 15.1. The van der Waals surface area contributed by atoms with Gasteiger partial charge in [-0.25, -0.2) is 17.6 Å². The first kappa shape index (κ1) is 38.2. The number of Topliss-reactive ketones (excluding diaryl/α,β-unsaturated/α-hetero) is 1. The van der Waals surface area contributed by atoms with E-state index in [1.807, 2.05) is 6.08 Å². The van der Waals surface area contributed by atoms with Crippen molar-refractivity contribution in [3.63, 3.8) is 0 Å². The van der Waals surface area contributed by atoms with E-state index in [9.17, 15) is 47.3 Å². The molecule has 13 heteroatoms. The van der Waals surface area contributed by atoms with E-state index >= 15 is 0 Å². The lowest BCUT2D eigenvalue weighted by Crippen LogP contribution is -2.66. The number of carbonyl (C=O) groups is 3. The highest BCUT2D eigenvalue weighted by molar-refractivity contribution is 7.99. The number of fused-ring (bicyclic) bond motifs is 5. The first-order chi connectivity index (χ1) is 24.4. The molecular weight excluding hydrogens is 704 g/mol. The number of carbonyl (C=O) groups excluding carboxylic acids is 3. The number of ether oxygens (including phenoxy) is 2. The van der Waals surface area contributed by atoms with Crippen LogP contribution in [0.5, 0.6) is 0 Å². The lowest BCUT2D eigenvalue weighted by Gasteiger charge is -2.53. The molecule has 0 bridgehead atoms. The van der Waals surface area contributed by atoms with Crippen molar-refractivity contribution in [3.8, 4) is 0 Å². The van der Waals surface area contributed by atoms with Crippen LogP contribution in [-0.2, 0) is 36.7 Å². The molecule has 4 aliphatic rings. The van der Waals surface area contributed by atoms with Crippen LogP contribution in [-0.4, -0.2) is 74.1 Å². The number of aliphatic hydroxyl groups excluding tert-OH is 1. The van der Waals surface area contributed by atoms with Crippen molar-refractivity contribution in [3.05, 3.63) is 94.1 Å². The molecule has 0 aliphatic heterocycles. The van der Waals surface area contributed by atoms with Crippen molar-refractivity contribution < 1.29 is 56.7 Å². The monoisotopic (exact) mass is 746 g/mol. The highest BCUT2D eigenvalue weighted by atomic mass is 32.2. The molecule has 2 saturated carbocycles. The Labute approximate surface area is 303 Å². The zero-order valence-corrected chi connectivity index (χ0v) is 30.1. The summed E-state index contributed by atoms with van der Waals surface area (Å²) in [6.07, 6.45) is 1.14. The van der Waals surface area contributed by atoms with Crippen LogP contribution in [0, 0.1) is 52.4 Å². The smallest absolute Gasteiger partial charge is 0.311 e. The summed E-state index contributed by atoms with van der Waals surface area (Å²) in [5.41, 5.74) is -6.05. The predicted octanol–water partition coefficient (Wildman–Crippen LogP) is 5.20. The van der Waals surface area contributed by atoms with Crippen molar-refractivity contribution in [2.75, 3.05) is 18.1 Å². The molecule has 0 radical (unpaired) electrons. The summed E-state index contributed by atoms with van der Waals surface area (Å²) >= 11 is 1.49. The summed E-state index contributed by atoms with van der Waals surface area (Å²) < 4.78 is 69.0. The molecule has 2 fully saturated rings. The normalized spacial score (nSPS) is 32.8.